The third kappa shape index (κ3) is 4.94. The highest BCUT2D eigenvalue weighted by atomic mass is 16.1. The number of rotatable bonds is 7. The average Bonchev–Trinajstić information content (AvgIpc) is 2.72. The van der Waals surface area contributed by atoms with Crippen LogP contribution in [0.2, 0.25) is 0 Å². The highest BCUT2D eigenvalue weighted by Gasteiger charge is 2.15. The second-order valence-electron chi connectivity index (χ2n) is 7.09. The first-order valence-electron chi connectivity index (χ1n) is 9.50. The maximum absolute atomic E-state index is 12.4. The molecule has 0 atom stereocenters. The SMILES string of the molecule is Cc1ccccc1CNC(=O)c1cnc(N(Cc2ccccc2)C(C)C)nc1. The minimum Gasteiger partial charge on any atom is -0.348 e. The zero-order valence-electron chi connectivity index (χ0n) is 16.6. The van der Waals surface area contributed by atoms with E-state index in [0.29, 0.717) is 18.1 Å². The Morgan fingerprint density at radius 2 is 1.64 bits per heavy atom. The molecule has 1 heterocycles. The van der Waals surface area contributed by atoms with Gasteiger partial charge in [0.2, 0.25) is 5.95 Å². The molecule has 0 bridgehead atoms. The van der Waals surface area contributed by atoms with Crippen LogP contribution in [-0.4, -0.2) is 21.9 Å². The molecule has 0 aliphatic carbocycles. The van der Waals surface area contributed by atoms with E-state index in [-0.39, 0.29) is 11.9 Å². The van der Waals surface area contributed by atoms with E-state index in [0.717, 1.165) is 17.7 Å². The van der Waals surface area contributed by atoms with Gasteiger partial charge in [0.1, 0.15) is 0 Å². The Kier molecular flexibility index (Phi) is 6.37. The van der Waals surface area contributed by atoms with Crippen molar-refractivity contribution in [2.24, 2.45) is 0 Å². The normalized spacial score (nSPS) is 10.7. The molecule has 0 saturated heterocycles. The van der Waals surface area contributed by atoms with Crippen molar-refractivity contribution in [2.45, 2.75) is 39.9 Å². The molecule has 1 aromatic heterocycles. The number of anilines is 1. The number of hydrogen-bond donors (Lipinski definition) is 1. The van der Waals surface area contributed by atoms with Crippen LogP contribution in [0.1, 0.15) is 40.9 Å². The van der Waals surface area contributed by atoms with Crippen molar-refractivity contribution in [2.75, 3.05) is 4.90 Å². The molecule has 0 fully saturated rings. The zero-order valence-corrected chi connectivity index (χ0v) is 16.6. The molecular weight excluding hydrogens is 348 g/mol. The van der Waals surface area contributed by atoms with Gasteiger partial charge in [0.05, 0.1) is 5.56 Å². The fraction of sp³-hybridized carbons (Fsp3) is 0.261. The van der Waals surface area contributed by atoms with Crippen molar-refractivity contribution in [3.8, 4) is 0 Å². The molecule has 2 aromatic carbocycles. The van der Waals surface area contributed by atoms with Crippen LogP contribution in [0, 0.1) is 6.92 Å². The monoisotopic (exact) mass is 374 g/mol. The Hall–Kier alpha value is -3.21. The van der Waals surface area contributed by atoms with Gasteiger partial charge in [-0.05, 0) is 37.5 Å². The van der Waals surface area contributed by atoms with Crippen LogP contribution in [-0.2, 0) is 13.1 Å². The summed E-state index contributed by atoms with van der Waals surface area (Å²) in [5.41, 5.74) is 3.91. The third-order valence-electron chi connectivity index (χ3n) is 4.68. The average molecular weight is 374 g/mol. The number of carbonyl (C=O) groups is 1. The van der Waals surface area contributed by atoms with Gasteiger partial charge in [-0.25, -0.2) is 9.97 Å². The summed E-state index contributed by atoms with van der Waals surface area (Å²) in [5.74, 6) is 0.447. The molecule has 3 rings (SSSR count). The van der Waals surface area contributed by atoms with Gasteiger partial charge in [0, 0.05) is 31.5 Å². The minimum atomic E-state index is -0.172. The summed E-state index contributed by atoms with van der Waals surface area (Å²) in [6.45, 7) is 7.45. The number of aromatic nitrogens is 2. The van der Waals surface area contributed by atoms with Crippen LogP contribution < -0.4 is 10.2 Å². The first-order valence-corrected chi connectivity index (χ1v) is 9.50. The van der Waals surface area contributed by atoms with E-state index in [1.54, 1.807) is 12.4 Å². The minimum absolute atomic E-state index is 0.172. The van der Waals surface area contributed by atoms with E-state index in [1.807, 2.05) is 49.4 Å². The summed E-state index contributed by atoms with van der Waals surface area (Å²) in [7, 11) is 0. The Balaban J connectivity index is 1.67. The smallest absolute Gasteiger partial charge is 0.254 e. The lowest BCUT2D eigenvalue weighted by atomic mass is 10.1. The largest absolute Gasteiger partial charge is 0.348 e. The van der Waals surface area contributed by atoms with Gasteiger partial charge in [-0.15, -0.1) is 0 Å². The molecule has 0 saturated carbocycles. The fourth-order valence-corrected chi connectivity index (χ4v) is 2.94. The topological polar surface area (TPSA) is 58.1 Å². The number of carbonyl (C=O) groups excluding carboxylic acids is 1. The van der Waals surface area contributed by atoms with Gasteiger partial charge in [0.25, 0.3) is 5.91 Å². The number of aryl methyl sites for hydroxylation is 1. The molecule has 3 aromatic rings. The van der Waals surface area contributed by atoms with E-state index in [4.69, 9.17) is 0 Å². The van der Waals surface area contributed by atoms with E-state index >= 15 is 0 Å². The number of benzene rings is 2. The quantitative estimate of drug-likeness (QED) is 0.676. The summed E-state index contributed by atoms with van der Waals surface area (Å²) < 4.78 is 0. The number of hydrogen-bond acceptors (Lipinski definition) is 4. The fourth-order valence-electron chi connectivity index (χ4n) is 2.94. The van der Waals surface area contributed by atoms with Gasteiger partial charge in [-0.1, -0.05) is 54.6 Å². The van der Waals surface area contributed by atoms with E-state index < -0.39 is 0 Å². The molecule has 144 valence electrons. The summed E-state index contributed by atoms with van der Waals surface area (Å²) in [6.07, 6.45) is 3.19. The first kappa shape index (κ1) is 19.5. The summed E-state index contributed by atoms with van der Waals surface area (Å²) >= 11 is 0. The maximum atomic E-state index is 12.4. The summed E-state index contributed by atoms with van der Waals surface area (Å²) in [6, 6.07) is 18.5. The molecule has 0 spiro atoms. The predicted molar refractivity (Wildman–Crippen MR) is 112 cm³/mol. The molecule has 1 amide bonds. The van der Waals surface area contributed by atoms with Crippen LogP contribution in [0.25, 0.3) is 0 Å². The molecular formula is C23H26N4O. The highest BCUT2D eigenvalue weighted by Crippen LogP contribution is 2.15. The highest BCUT2D eigenvalue weighted by molar-refractivity contribution is 5.93. The van der Waals surface area contributed by atoms with Crippen molar-refractivity contribution < 1.29 is 4.79 Å². The Morgan fingerprint density at radius 1 is 1.00 bits per heavy atom. The predicted octanol–water partition coefficient (Wildman–Crippen LogP) is 4.13. The molecule has 5 nitrogen and oxygen atoms in total. The Morgan fingerprint density at radius 3 is 2.29 bits per heavy atom. The lowest BCUT2D eigenvalue weighted by Crippen LogP contribution is -2.32. The summed E-state index contributed by atoms with van der Waals surface area (Å²) in [5, 5.41) is 2.93. The molecule has 28 heavy (non-hydrogen) atoms. The van der Waals surface area contributed by atoms with Gasteiger partial charge in [0.15, 0.2) is 0 Å². The molecule has 0 aliphatic heterocycles. The Labute approximate surface area is 166 Å². The number of nitrogens with zero attached hydrogens (tertiary/aromatic N) is 3. The second-order valence-corrected chi connectivity index (χ2v) is 7.09. The van der Waals surface area contributed by atoms with Crippen LogP contribution >= 0.6 is 0 Å². The molecule has 0 unspecified atom stereocenters. The summed E-state index contributed by atoms with van der Waals surface area (Å²) in [4.78, 5) is 23.4. The molecule has 5 heteroatoms. The Bertz CT molecular complexity index is 907. The molecule has 0 radical (unpaired) electrons. The number of nitrogens with one attached hydrogen (secondary N) is 1. The van der Waals surface area contributed by atoms with Crippen molar-refractivity contribution in [3.63, 3.8) is 0 Å². The second kappa shape index (κ2) is 9.13. The van der Waals surface area contributed by atoms with Crippen molar-refractivity contribution in [1.82, 2.24) is 15.3 Å². The van der Waals surface area contributed by atoms with Gasteiger partial charge in [-0.2, -0.15) is 0 Å². The van der Waals surface area contributed by atoms with Crippen molar-refractivity contribution in [3.05, 3.63) is 89.2 Å². The van der Waals surface area contributed by atoms with Crippen LogP contribution in [0.3, 0.4) is 0 Å². The van der Waals surface area contributed by atoms with E-state index in [9.17, 15) is 4.79 Å². The standard InChI is InChI=1S/C23H26N4O/c1-17(2)27(16-19-10-5-4-6-11-19)23-25-14-21(15-26-23)22(28)24-13-20-12-8-7-9-18(20)3/h4-12,14-15,17H,13,16H2,1-3H3,(H,24,28). The number of amides is 1. The lowest BCUT2D eigenvalue weighted by Gasteiger charge is -2.26. The van der Waals surface area contributed by atoms with E-state index in [1.165, 1.54) is 5.56 Å². The van der Waals surface area contributed by atoms with Crippen molar-refractivity contribution in [1.29, 1.82) is 0 Å². The lowest BCUT2D eigenvalue weighted by molar-refractivity contribution is 0.0950. The molecule has 1 N–H and O–H groups in total. The third-order valence-corrected chi connectivity index (χ3v) is 4.68. The van der Waals surface area contributed by atoms with Crippen LogP contribution in [0.5, 0.6) is 0 Å². The van der Waals surface area contributed by atoms with Crippen LogP contribution in [0.15, 0.2) is 67.0 Å². The van der Waals surface area contributed by atoms with Gasteiger partial charge >= 0.3 is 0 Å². The van der Waals surface area contributed by atoms with Crippen LogP contribution in [0.4, 0.5) is 5.95 Å². The molecule has 0 aliphatic rings. The van der Waals surface area contributed by atoms with Gasteiger partial charge < -0.3 is 10.2 Å². The first-order chi connectivity index (χ1) is 13.5. The van der Waals surface area contributed by atoms with Gasteiger partial charge in [-0.3, -0.25) is 4.79 Å². The zero-order chi connectivity index (χ0) is 19.9. The maximum Gasteiger partial charge on any atom is 0.254 e. The van der Waals surface area contributed by atoms with E-state index in [2.05, 4.69) is 46.2 Å². The van der Waals surface area contributed by atoms with Crippen molar-refractivity contribution >= 4 is 11.9 Å².